The van der Waals surface area contributed by atoms with Crippen LogP contribution in [-0.2, 0) is 4.79 Å². The maximum Gasteiger partial charge on any atom is 0.303 e. The fourth-order valence-electron chi connectivity index (χ4n) is 2.17. The molecule has 0 saturated carbocycles. The molecule has 1 fully saturated rings. The number of carboxylic acid groups (broad SMARTS) is 1. The van der Waals surface area contributed by atoms with Crippen LogP contribution >= 0.6 is 0 Å². The van der Waals surface area contributed by atoms with Crippen molar-refractivity contribution in [3.05, 3.63) is 0 Å². The summed E-state index contributed by atoms with van der Waals surface area (Å²) in [5, 5.41) is 8.62. The monoisotopic (exact) mass is 199 g/mol. The number of carboxylic acids is 1. The average molecular weight is 199 g/mol. The Hall–Kier alpha value is -0.570. The zero-order valence-electron chi connectivity index (χ0n) is 9.04. The highest BCUT2D eigenvalue weighted by Gasteiger charge is 2.17. The van der Waals surface area contributed by atoms with Gasteiger partial charge in [0.2, 0.25) is 0 Å². The van der Waals surface area contributed by atoms with E-state index in [0.717, 1.165) is 19.5 Å². The van der Waals surface area contributed by atoms with Crippen molar-refractivity contribution in [3.8, 4) is 0 Å². The Kier molecular flexibility index (Phi) is 4.94. The summed E-state index contributed by atoms with van der Waals surface area (Å²) in [7, 11) is 0. The molecule has 1 saturated heterocycles. The summed E-state index contributed by atoms with van der Waals surface area (Å²) in [4.78, 5) is 12.9. The van der Waals surface area contributed by atoms with Gasteiger partial charge in [0.15, 0.2) is 0 Å². The molecule has 3 nitrogen and oxygen atoms in total. The number of likely N-dealkylation sites (tertiary alicyclic amines) is 1. The van der Waals surface area contributed by atoms with E-state index in [1.807, 2.05) is 0 Å². The fourth-order valence-corrected chi connectivity index (χ4v) is 2.17. The van der Waals surface area contributed by atoms with Crippen LogP contribution in [0, 0.1) is 5.92 Å². The zero-order chi connectivity index (χ0) is 10.4. The molecule has 1 heterocycles. The zero-order valence-corrected chi connectivity index (χ0v) is 9.04. The van der Waals surface area contributed by atoms with Crippen molar-refractivity contribution >= 4 is 5.97 Å². The Morgan fingerprint density at radius 2 is 2.29 bits per heavy atom. The van der Waals surface area contributed by atoms with Crippen LogP contribution in [0.4, 0.5) is 0 Å². The molecule has 0 amide bonds. The summed E-state index contributed by atoms with van der Waals surface area (Å²) >= 11 is 0. The van der Waals surface area contributed by atoms with Gasteiger partial charge in [-0.15, -0.1) is 0 Å². The van der Waals surface area contributed by atoms with Gasteiger partial charge in [0.25, 0.3) is 0 Å². The lowest BCUT2D eigenvalue weighted by molar-refractivity contribution is -0.137. The first kappa shape index (κ1) is 11.5. The lowest BCUT2D eigenvalue weighted by atomic mass is 9.98. The first-order chi connectivity index (χ1) is 6.72. The van der Waals surface area contributed by atoms with Gasteiger partial charge in [-0.3, -0.25) is 4.79 Å². The van der Waals surface area contributed by atoms with Crippen LogP contribution in [0.3, 0.4) is 0 Å². The number of carbonyl (C=O) groups is 1. The van der Waals surface area contributed by atoms with Gasteiger partial charge in [-0.25, -0.2) is 0 Å². The van der Waals surface area contributed by atoms with Crippen molar-refractivity contribution < 1.29 is 9.90 Å². The van der Waals surface area contributed by atoms with Crippen LogP contribution in [0.15, 0.2) is 0 Å². The van der Waals surface area contributed by atoms with Crippen molar-refractivity contribution in [1.29, 1.82) is 0 Å². The van der Waals surface area contributed by atoms with E-state index in [9.17, 15) is 4.79 Å². The Morgan fingerprint density at radius 3 is 2.93 bits per heavy atom. The van der Waals surface area contributed by atoms with Gasteiger partial charge in [0, 0.05) is 13.0 Å². The first-order valence-electron chi connectivity index (χ1n) is 5.66. The second-order valence-corrected chi connectivity index (χ2v) is 4.19. The molecule has 14 heavy (non-hydrogen) atoms. The summed E-state index contributed by atoms with van der Waals surface area (Å²) in [6.07, 6.45) is 4.94. The molecular formula is C11H21NO2. The van der Waals surface area contributed by atoms with E-state index in [2.05, 4.69) is 11.8 Å². The Labute approximate surface area is 86.1 Å². The van der Waals surface area contributed by atoms with Crippen LogP contribution in [0.2, 0.25) is 0 Å². The second kappa shape index (κ2) is 6.02. The molecule has 0 bridgehead atoms. The van der Waals surface area contributed by atoms with Gasteiger partial charge in [-0.1, -0.05) is 13.3 Å². The summed E-state index contributed by atoms with van der Waals surface area (Å²) in [5.74, 6) is -0.0501. The SMILES string of the molecule is CCN1CCCCC(CCC(=O)O)C1. The van der Waals surface area contributed by atoms with Crippen molar-refractivity contribution in [2.75, 3.05) is 19.6 Å². The minimum Gasteiger partial charge on any atom is -0.481 e. The topological polar surface area (TPSA) is 40.5 Å². The number of hydrogen-bond acceptors (Lipinski definition) is 2. The normalized spacial score (nSPS) is 24.5. The molecule has 0 aromatic rings. The number of aliphatic carboxylic acids is 1. The molecule has 0 spiro atoms. The highest BCUT2D eigenvalue weighted by Crippen LogP contribution is 2.20. The molecule has 0 aromatic carbocycles. The fraction of sp³-hybridized carbons (Fsp3) is 0.909. The van der Waals surface area contributed by atoms with Gasteiger partial charge in [-0.2, -0.15) is 0 Å². The summed E-state index contributed by atoms with van der Waals surface area (Å²) < 4.78 is 0. The van der Waals surface area contributed by atoms with Crippen LogP contribution in [-0.4, -0.2) is 35.6 Å². The number of nitrogens with zero attached hydrogens (tertiary/aromatic N) is 1. The lowest BCUT2D eigenvalue weighted by Crippen LogP contribution is -2.28. The molecule has 0 aromatic heterocycles. The van der Waals surface area contributed by atoms with E-state index in [1.165, 1.54) is 25.8 Å². The largest absolute Gasteiger partial charge is 0.481 e. The quantitative estimate of drug-likeness (QED) is 0.752. The smallest absolute Gasteiger partial charge is 0.303 e. The predicted octanol–water partition coefficient (Wildman–Crippen LogP) is 1.97. The molecule has 1 aliphatic heterocycles. The Morgan fingerprint density at radius 1 is 1.50 bits per heavy atom. The molecule has 1 rings (SSSR count). The molecule has 82 valence electrons. The molecule has 0 aliphatic carbocycles. The molecule has 1 N–H and O–H groups in total. The maximum atomic E-state index is 10.5. The van der Waals surface area contributed by atoms with Crippen molar-refractivity contribution in [2.45, 2.75) is 39.0 Å². The van der Waals surface area contributed by atoms with Crippen LogP contribution in [0.25, 0.3) is 0 Å². The molecule has 1 atom stereocenters. The Bertz CT molecular complexity index is 182. The summed E-state index contributed by atoms with van der Waals surface area (Å²) in [5.41, 5.74) is 0. The average Bonchev–Trinajstić information content (AvgIpc) is 2.39. The van der Waals surface area contributed by atoms with Crippen LogP contribution < -0.4 is 0 Å². The van der Waals surface area contributed by atoms with Crippen molar-refractivity contribution in [3.63, 3.8) is 0 Å². The summed E-state index contributed by atoms with van der Waals surface area (Å²) in [6, 6.07) is 0. The van der Waals surface area contributed by atoms with Gasteiger partial charge >= 0.3 is 5.97 Å². The molecule has 0 radical (unpaired) electrons. The standard InChI is InChI=1S/C11H21NO2/c1-2-12-8-4-3-5-10(9-12)6-7-11(13)14/h10H,2-9H2,1H3,(H,13,14). The third-order valence-corrected chi connectivity index (χ3v) is 3.07. The molecule has 3 heteroatoms. The van der Waals surface area contributed by atoms with E-state index in [4.69, 9.17) is 5.11 Å². The predicted molar refractivity (Wildman–Crippen MR) is 56.3 cm³/mol. The molecule has 1 aliphatic rings. The van der Waals surface area contributed by atoms with Gasteiger partial charge < -0.3 is 10.0 Å². The van der Waals surface area contributed by atoms with Gasteiger partial charge in [-0.05, 0) is 38.3 Å². The molecule has 1 unspecified atom stereocenters. The van der Waals surface area contributed by atoms with E-state index >= 15 is 0 Å². The maximum absolute atomic E-state index is 10.5. The third-order valence-electron chi connectivity index (χ3n) is 3.07. The lowest BCUT2D eigenvalue weighted by Gasteiger charge is -2.22. The third kappa shape index (κ3) is 4.09. The van der Waals surface area contributed by atoms with E-state index in [1.54, 1.807) is 0 Å². The second-order valence-electron chi connectivity index (χ2n) is 4.19. The van der Waals surface area contributed by atoms with Crippen LogP contribution in [0.1, 0.15) is 39.0 Å². The summed E-state index contributed by atoms with van der Waals surface area (Å²) in [6.45, 7) is 5.58. The van der Waals surface area contributed by atoms with Gasteiger partial charge in [0.05, 0.1) is 0 Å². The highest BCUT2D eigenvalue weighted by atomic mass is 16.4. The minimum absolute atomic E-state index is 0.336. The minimum atomic E-state index is -0.655. The van der Waals surface area contributed by atoms with Crippen molar-refractivity contribution in [1.82, 2.24) is 4.90 Å². The number of hydrogen-bond donors (Lipinski definition) is 1. The van der Waals surface area contributed by atoms with Crippen LogP contribution in [0.5, 0.6) is 0 Å². The van der Waals surface area contributed by atoms with E-state index in [-0.39, 0.29) is 0 Å². The Balaban J connectivity index is 2.31. The van der Waals surface area contributed by atoms with E-state index in [0.29, 0.717) is 12.3 Å². The highest BCUT2D eigenvalue weighted by molar-refractivity contribution is 5.66. The molecular weight excluding hydrogens is 178 g/mol. The first-order valence-corrected chi connectivity index (χ1v) is 5.66. The van der Waals surface area contributed by atoms with E-state index < -0.39 is 5.97 Å². The van der Waals surface area contributed by atoms with Crippen molar-refractivity contribution in [2.24, 2.45) is 5.92 Å². The van der Waals surface area contributed by atoms with Gasteiger partial charge in [0.1, 0.15) is 0 Å². The number of rotatable bonds is 4.